The molecule has 0 bridgehead atoms. The molecule has 2 aromatic rings. The highest BCUT2D eigenvalue weighted by Crippen LogP contribution is 2.47. The van der Waals surface area contributed by atoms with Gasteiger partial charge in [-0.2, -0.15) is 0 Å². The first-order valence-corrected chi connectivity index (χ1v) is 10.4. The van der Waals surface area contributed by atoms with Gasteiger partial charge in [-0.1, -0.05) is 6.42 Å². The zero-order valence-electron chi connectivity index (χ0n) is 17.0. The number of hydrogen-bond acceptors (Lipinski definition) is 4. The molecule has 5 rings (SSSR count). The van der Waals surface area contributed by atoms with Crippen LogP contribution in [0.1, 0.15) is 31.4 Å². The lowest BCUT2D eigenvalue weighted by Crippen LogP contribution is -2.55. The van der Waals surface area contributed by atoms with Gasteiger partial charge in [-0.15, -0.1) is 0 Å². The van der Waals surface area contributed by atoms with Crippen molar-refractivity contribution >= 4 is 17.5 Å². The topological polar surface area (TPSA) is 61.7 Å². The molecule has 4 heterocycles. The molecule has 1 saturated heterocycles. The van der Waals surface area contributed by atoms with Crippen molar-refractivity contribution < 1.29 is 9.59 Å². The van der Waals surface area contributed by atoms with Crippen LogP contribution in [-0.4, -0.2) is 64.9 Å². The highest BCUT2D eigenvalue weighted by Gasteiger charge is 2.52. The minimum Gasteiger partial charge on any atom is -0.347 e. The molecule has 152 valence electrons. The van der Waals surface area contributed by atoms with Crippen LogP contribution in [0, 0.1) is 5.92 Å². The largest absolute Gasteiger partial charge is 0.347 e. The normalized spacial score (nSPS) is 23.0. The SMILES string of the molecule is CN(C)C(=O)CN1c2cccnc2-n2cccc2[C@]12CCN(C(=O)C1CCC1)C2. The molecule has 1 saturated carbocycles. The quantitative estimate of drug-likeness (QED) is 0.800. The number of aromatic nitrogens is 2. The molecule has 2 aliphatic heterocycles. The summed E-state index contributed by atoms with van der Waals surface area (Å²) >= 11 is 0. The molecule has 3 aliphatic rings. The first-order valence-electron chi connectivity index (χ1n) is 10.4. The van der Waals surface area contributed by atoms with Crippen LogP contribution in [0.15, 0.2) is 36.7 Å². The molecule has 7 nitrogen and oxygen atoms in total. The van der Waals surface area contributed by atoms with E-state index in [1.165, 1.54) is 0 Å². The number of fused-ring (bicyclic) bond motifs is 4. The van der Waals surface area contributed by atoms with E-state index in [0.29, 0.717) is 6.54 Å². The molecule has 29 heavy (non-hydrogen) atoms. The predicted molar refractivity (Wildman–Crippen MR) is 110 cm³/mol. The minimum atomic E-state index is -0.412. The number of rotatable bonds is 3. The van der Waals surface area contributed by atoms with Crippen molar-refractivity contribution in [3.8, 4) is 5.82 Å². The van der Waals surface area contributed by atoms with Crippen LogP contribution < -0.4 is 4.90 Å². The maximum Gasteiger partial charge on any atom is 0.241 e. The summed E-state index contributed by atoms with van der Waals surface area (Å²) in [5.41, 5.74) is 1.65. The summed E-state index contributed by atoms with van der Waals surface area (Å²) < 4.78 is 2.13. The van der Waals surface area contributed by atoms with E-state index in [1.54, 1.807) is 25.2 Å². The predicted octanol–water partition coefficient (Wildman–Crippen LogP) is 2.01. The number of anilines is 1. The number of hydrogen-bond donors (Lipinski definition) is 0. The summed E-state index contributed by atoms with van der Waals surface area (Å²) in [6.45, 7) is 1.60. The van der Waals surface area contributed by atoms with Gasteiger partial charge in [-0.05, 0) is 43.5 Å². The number of carbonyl (C=O) groups is 2. The van der Waals surface area contributed by atoms with Crippen molar-refractivity contribution in [1.29, 1.82) is 0 Å². The molecule has 1 aliphatic carbocycles. The summed E-state index contributed by atoms with van der Waals surface area (Å²) in [7, 11) is 3.57. The van der Waals surface area contributed by atoms with Crippen molar-refractivity contribution in [3.05, 3.63) is 42.4 Å². The molecule has 0 aromatic carbocycles. The molecule has 0 N–H and O–H groups in total. The Labute approximate surface area is 170 Å². The Hall–Kier alpha value is -2.83. The van der Waals surface area contributed by atoms with Gasteiger partial charge in [-0.3, -0.25) is 9.59 Å². The Morgan fingerprint density at radius 1 is 1.24 bits per heavy atom. The smallest absolute Gasteiger partial charge is 0.241 e. The van der Waals surface area contributed by atoms with Gasteiger partial charge in [0.2, 0.25) is 11.8 Å². The summed E-state index contributed by atoms with van der Waals surface area (Å²) in [5.74, 6) is 1.35. The lowest BCUT2D eigenvalue weighted by Gasteiger charge is -2.47. The molecule has 0 unspecified atom stereocenters. The molecule has 1 spiro atoms. The minimum absolute atomic E-state index is 0.0444. The third kappa shape index (κ3) is 2.67. The average molecular weight is 393 g/mol. The van der Waals surface area contributed by atoms with Gasteiger partial charge >= 0.3 is 0 Å². The Morgan fingerprint density at radius 2 is 2.07 bits per heavy atom. The average Bonchev–Trinajstić information content (AvgIpc) is 3.32. The Morgan fingerprint density at radius 3 is 2.79 bits per heavy atom. The zero-order valence-corrected chi connectivity index (χ0v) is 17.0. The fourth-order valence-electron chi connectivity index (χ4n) is 4.94. The fraction of sp³-hybridized carbons (Fsp3) is 0.500. The van der Waals surface area contributed by atoms with Crippen LogP contribution in [0.2, 0.25) is 0 Å². The number of likely N-dealkylation sites (N-methyl/N-ethyl adjacent to an activating group) is 1. The summed E-state index contributed by atoms with van der Waals surface area (Å²) in [6.07, 6.45) is 7.80. The number of likely N-dealkylation sites (tertiary alicyclic amines) is 1. The third-order valence-electron chi connectivity index (χ3n) is 6.83. The van der Waals surface area contributed by atoms with E-state index in [-0.39, 0.29) is 24.3 Å². The van der Waals surface area contributed by atoms with E-state index < -0.39 is 5.54 Å². The van der Waals surface area contributed by atoms with Crippen LogP contribution in [0.3, 0.4) is 0 Å². The van der Waals surface area contributed by atoms with Gasteiger partial charge in [0.25, 0.3) is 0 Å². The van der Waals surface area contributed by atoms with Crippen LogP contribution in [0.25, 0.3) is 5.82 Å². The van der Waals surface area contributed by atoms with Gasteiger partial charge in [0.05, 0.1) is 17.9 Å². The van der Waals surface area contributed by atoms with Gasteiger partial charge in [-0.25, -0.2) is 4.98 Å². The van der Waals surface area contributed by atoms with Gasteiger partial charge < -0.3 is 19.3 Å². The first-order chi connectivity index (χ1) is 14.0. The molecule has 1 atom stereocenters. The van der Waals surface area contributed by atoms with E-state index in [4.69, 9.17) is 0 Å². The Bertz CT molecular complexity index is 964. The zero-order chi connectivity index (χ0) is 20.2. The van der Waals surface area contributed by atoms with Crippen molar-refractivity contribution in [2.75, 3.05) is 38.6 Å². The van der Waals surface area contributed by atoms with Crippen LogP contribution in [-0.2, 0) is 15.1 Å². The van der Waals surface area contributed by atoms with Gasteiger partial charge in [0.1, 0.15) is 5.54 Å². The maximum absolute atomic E-state index is 13.0. The summed E-state index contributed by atoms with van der Waals surface area (Å²) in [5, 5.41) is 0. The van der Waals surface area contributed by atoms with Crippen LogP contribution in [0.5, 0.6) is 0 Å². The molecule has 0 radical (unpaired) electrons. The molecular formula is C22H27N5O2. The van der Waals surface area contributed by atoms with E-state index in [2.05, 4.69) is 20.5 Å². The van der Waals surface area contributed by atoms with E-state index in [1.807, 2.05) is 29.3 Å². The van der Waals surface area contributed by atoms with Gasteiger partial charge in [0.15, 0.2) is 5.82 Å². The monoisotopic (exact) mass is 393 g/mol. The summed E-state index contributed by atoms with van der Waals surface area (Å²) in [4.78, 5) is 36.2. The molecule has 7 heteroatoms. The lowest BCUT2D eigenvalue weighted by atomic mass is 9.84. The molecule has 2 amide bonds. The number of amides is 2. The fourth-order valence-corrected chi connectivity index (χ4v) is 4.94. The second kappa shape index (κ2) is 6.61. The van der Waals surface area contributed by atoms with Crippen molar-refractivity contribution in [1.82, 2.24) is 19.4 Å². The van der Waals surface area contributed by atoms with Crippen molar-refractivity contribution in [2.45, 2.75) is 31.2 Å². The third-order valence-corrected chi connectivity index (χ3v) is 6.83. The second-order valence-electron chi connectivity index (χ2n) is 8.65. The van der Waals surface area contributed by atoms with Crippen LogP contribution >= 0.6 is 0 Å². The standard InChI is InChI=1S/C22H27N5O2/c1-24(2)19(28)14-27-17-8-4-11-23-20(17)26-12-5-9-18(26)22(27)10-13-25(15-22)21(29)16-6-3-7-16/h4-5,8-9,11-12,16H,3,6-7,10,13-15H2,1-2H3/t22-/m1/s1. The summed E-state index contributed by atoms with van der Waals surface area (Å²) in [6, 6.07) is 8.10. The lowest BCUT2D eigenvalue weighted by molar-refractivity contribution is -0.137. The van der Waals surface area contributed by atoms with Crippen molar-refractivity contribution in [3.63, 3.8) is 0 Å². The highest BCUT2D eigenvalue weighted by atomic mass is 16.2. The molecular weight excluding hydrogens is 366 g/mol. The van der Waals surface area contributed by atoms with E-state index >= 15 is 0 Å². The number of carbonyl (C=O) groups excluding carboxylic acids is 2. The Kier molecular flexibility index (Phi) is 4.15. The maximum atomic E-state index is 13.0. The van der Waals surface area contributed by atoms with E-state index in [9.17, 15) is 9.59 Å². The van der Waals surface area contributed by atoms with Crippen molar-refractivity contribution in [2.24, 2.45) is 5.92 Å². The number of pyridine rings is 1. The molecule has 2 aromatic heterocycles. The first kappa shape index (κ1) is 18.2. The van der Waals surface area contributed by atoms with Gasteiger partial charge in [0, 0.05) is 45.5 Å². The van der Waals surface area contributed by atoms with E-state index in [0.717, 1.165) is 49.4 Å². The van der Waals surface area contributed by atoms with Crippen LogP contribution in [0.4, 0.5) is 5.69 Å². The Balaban J connectivity index is 1.58. The number of nitrogens with zero attached hydrogens (tertiary/aromatic N) is 5. The second-order valence-corrected chi connectivity index (χ2v) is 8.65. The highest BCUT2D eigenvalue weighted by molar-refractivity contribution is 5.84. The molecule has 2 fully saturated rings.